The third kappa shape index (κ3) is 4.41. The molecule has 30 heavy (non-hydrogen) atoms. The molecule has 4 rings (SSSR count). The molecule has 1 fully saturated rings. The van der Waals surface area contributed by atoms with E-state index in [1.165, 1.54) is 11.8 Å². The lowest BCUT2D eigenvalue weighted by atomic mass is 10.2. The van der Waals surface area contributed by atoms with E-state index in [0.717, 1.165) is 31.2 Å². The maximum absolute atomic E-state index is 13.3. The summed E-state index contributed by atoms with van der Waals surface area (Å²) in [4.78, 5) is 35.0. The van der Waals surface area contributed by atoms with Gasteiger partial charge in [0.05, 0.1) is 16.2 Å². The number of hydrogen-bond donors (Lipinski definition) is 1. The van der Waals surface area contributed by atoms with E-state index in [-0.39, 0.29) is 22.8 Å². The van der Waals surface area contributed by atoms with Gasteiger partial charge in [-0.2, -0.15) is 0 Å². The highest BCUT2D eigenvalue weighted by Crippen LogP contribution is 2.34. The maximum atomic E-state index is 13.3. The predicted octanol–water partition coefficient (Wildman–Crippen LogP) is 4.09. The average molecular weight is 423 g/mol. The molecular weight excluding hydrogens is 396 g/mol. The summed E-state index contributed by atoms with van der Waals surface area (Å²) in [6.45, 7) is 2.42. The molecule has 1 aromatic carbocycles. The summed E-state index contributed by atoms with van der Waals surface area (Å²) in [5, 5.41) is 3.97. The minimum atomic E-state index is -0.317. The van der Waals surface area contributed by atoms with Gasteiger partial charge in [0.1, 0.15) is 0 Å². The van der Waals surface area contributed by atoms with Gasteiger partial charge in [0.15, 0.2) is 5.16 Å². The van der Waals surface area contributed by atoms with E-state index in [1.807, 2.05) is 47.9 Å². The fourth-order valence-corrected chi connectivity index (χ4v) is 5.06. The van der Waals surface area contributed by atoms with Gasteiger partial charge in [-0.15, -0.1) is 0 Å². The highest BCUT2D eigenvalue weighted by molar-refractivity contribution is 8.00. The quantitative estimate of drug-likeness (QED) is 0.458. The lowest BCUT2D eigenvalue weighted by molar-refractivity contribution is -0.120. The van der Waals surface area contributed by atoms with Crippen LogP contribution in [0.3, 0.4) is 0 Å². The first-order chi connectivity index (χ1) is 14.7. The maximum Gasteiger partial charge on any atom is 0.262 e. The number of nitrogens with zero attached hydrogens (tertiary/aromatic N) is 3. The summed E-state index contributed by atoms with van der Waals surface area (Å²) in [5.41, 5.74) is 1.64. The van der Waals surface area contributed by atoms with Crippen molar-refractivity contribution in [2.75, 3.05) is 0 Å². The van der Waals surface area contributed by atoms with Crippen LogP contribution in [-0.4, -0.2) is 25.7 Å². The third-order valence-electron chi connectivity index (χ3n) is 5.57. The van der Waals surface area contributed by atoms with Crippen molar-refractivity contribution in [3.63, 3.8) is 0 Å². The lowest BCUT2D eigenvalue weighted by Gasteiger charge is -2.21. The fraction of sp³-hybridized carbons (Fsp3) is 0.391. The van der Waals surface area contributed by atoms with Crippen molar-refractivity contribution in [3.8, 4) is 0 Å². The highest BCUT2D eigenvalue weighted by atomic mass is 32.2. The van der Waals surface area contributed by atoms with Crippen LogP contribution < -0.4 is 10.9 Å². The Hall–Kier alpha value is -2.67. The fourth-order valence-electron chi connectivity index (χ4n) is 3.95. The molecule has 1 aliphatic rings. The van der Waals surface area contributed by atoms with Crippen LogP contribution in [0, 0.1) is 0 Å². The number of rotatable bonds is 7. The summed E-state index contributed by atoms with van der Waals surface area (Å²) in [6, 6.07) is 11.4. The molecule has 3 aromatic rings. The van der Waals surface area contributed by atoms with Gasteiger partial charge in [-0.1, -0.05) is 49.7 Å². The topological polar surface area (TPSA) is 76.9 Å². The van der Waals surface area contributed by atoms with E-state index in [9.17, 15) is 9.59 Å². The van der Waals surface area contributed by atoms with Crippen LogP contribution in [-0.2, 0) is 11.3 Å². The van der Waals surface area contributed by atoms with Gasteiger partial charge in [0.2, 0.25) is 5.91 Å². The number of para-hydroxylation sites is 1. The zero-order valence-corrected chi connectivity index (χ0v) is 17.9. The van der Waals surface area contributed by atoms with Gasteiger partial charge in [-0.3, -0.25) is 19.1 Å². The Morgan fingerprint density at radius 3 is 2.77 bits per heavy atom. The second-order valence-electron chi connectivity index (χ2n) is 7.62. The van der Waals surface area contributed by atoms with Gasteiger partial charge < -0.3 is 5.32 Å². The number of thioether (sulfide) groups is 1. The Bertz CT molecular complexity index is 1080. The van der Waals surface area contributed by atoms with Crippen molar-refractivity contribution in [1.29, 1.82) is 0 Å². The Kier molecular flexibility index (Phi) is 6.47. The first kappa shape index (κ1) is 20.6. The number of aromatic nitrogens is 3. The normalized spacial score (nSPS) is 15.4. The summed E-state index contributed by atoms with van der Waals surface area (Å²) < 4.78 is 1.84. The average Bonchev–Trinajstić information content (AvgIpc) is 3.31. The van der Waals surface area contributed by atoms with Gasteiger partial charge in [-0.25, -0.2) is 4.98 Å². The standard InChI is InChI=1S/C23H26N4O2S/c1-2-20(21(28)25-15-16-8-7-13-24-14-16)30-23-26-19-12-6-5-11-18(19)22(29)27(23)17-9-3-4-10-17/h5-8,11-14,17,20H,2-4,9-10,15H2,1H3,(H,25,28)/t20-/m1/s1. The largest absolute Gasteiger partial charge is 0.351 e. The van der Waals surface area contributed by atoms with Crippen LogP contribution in [0.4, 0.5) is 0 Å². The molecule has 2 aromatic heterocycles. The zero-order chi connectivity index (χ0) is 20.9. The van der Waals surface area contributed by atoms with Gasteiger partial charge >= 0.3 is 0 Å². The van der Waals surface area contributed by atoms with Crippen molar-refractivity contribution >= 4 is 28.6 Å². The van der Waals surface area contributed by atoms with Crippen LogP contribution in [0.1, 0.15) is 50.6 Å². The van der Waals surface area contributed by atoms with E-state index >= 15 is 0 Å². The molecule has 1 N–H and O–H groups in total. The summed E-state index contributed by atoms with van der Waals surface area (Å²) in [5.74, 6) is -0.0493. The van der Waals surface area contributed by atoms with E-state index in [2.05, 4.69) is 10.3 Å². The number of hydrogen-bond acceptors (Lipinski definition) is 5. The minimum absolute atomic E-state index is 0.000575. The van der Waals surface area contributed by atoms with Crippen molar-refractivity contribution in [1.82, 2.24) is 19.9 Å². The van der Waals surface area contributed by atoms with Crippen LogP contribution in [0.5, 0.6) is 0 Å². The molecule has 6 nitrogen and oxygen atoms in total. The van der Waals surface area contributed by atoms with Crippen LogP contribution >= 0.6 is 11.8 Å². The summed E-state index contributed by atoms with van der Waals surface area (Å²) >= 11 is 1.40. The van der Waals surface area contributed by atoms with Crippen LogP contribution in [0.15, 0.2) is 58.7 Å². The first-order valence-electron chi connectivity index (χ1n) is 10.5. The molecule has 7 heteroatoms. The number of pyridine rings is 1. The predicted molar refractivity (Wildman–Crippen MR) is 120 cm³/mol. The zero-order valence-electron chi connectivity index (χ0n) is 17.1. The summed E-state index contributed by atoms with van der Waals surface area (Å²) in [7, 11) is 0. The van der Waals surface area contributed by atoms with Crippen LogP contribution in [0.25, 0.3) is 10.9 Å². The minimum Gasteiger partial charge on any atom is -0.351 e. The molecule has 156 valence electrons. The van der Waals surface area contributed by atoms with Gasteiger partial charge in [0, 0.05) is 25.0 Å². The second kappa shape index (κ2) is 9.43. The Morgan fingerprint density at radius 2 is 2.03 bits per heavy atom. The molecular formula is C23H26N4O2S. The molecule has 0 aliphatic heterocycles. The third-order valence-corrected chi connectivity index (χ3v) is 6.90. The van der Waals surface area contributed by atoms with E-state index < -0.39 is 0 Å². The number of carbonyl (C=O) groups is 1. The van der Waals surface area contributed by atoms with Crippen molar-refractivity contribution in [2.45, 2.75) is 62.0 Å². The van der Waals surface area contributed by atoms with Crippen LogP contribution in [0.2, 0.25) is 0 Å². The molecule has 1 aliphatic carbocycles. The van der Waals surface area contributed by atoms with Crippen molar-refractivity contribution in [3.05, 3.63) is 64.7 Å². The molecule has 1 atom stereocenters. The smallest absolute Gasteiger partial charge is 0.262 e. The Labute approximate surface area is 180 Å². The second-order valence-corrected chi connectivity index (χ2v) is 8.79. The number of carbonyl (C=O) groups excluding carboxylic acids is 1. The molecule has 0 radical (unpaired) electrons. The van der Waals surface area contributed by atoms with E-state index in [0.29, 0.717) is 29.0 Å². The van der Waals surface area contributed by atoms with E-state index in [1.54, 1.807) is 12.4 Å². The molecule has 2 heterocycles. The molecule has 0 bridgehead atoms. The Balaban J connectivity index is 1.61. The molecule has 0 saturated heterocycles. The van der Waals surface area contributed by atoms with E-state index in [4.69, 9.17) is 4.98 Å². The summed E-state index contributed by atoms with van der Waals surface area (Å²) in [6.07, 6.45) is 8.32. The molecule has 0 spiro atoms. The van der Waals surface area contributed by atoms with Crippen molar-refractivity contribution in [2.24, 2.45) is 0 Å². The number of benzene rings is 1. The highest BCUT2D eigenvalue weighted by Gasteiger charge is 2.26. The number of nitrogens with one attached hydrogen (secondary N) is 1. The molecule has 1 amide bonds. The van der Waals surface area contributed by atoms with Gasteiger partial charge in [0.25, 0.3) is 5.56 Å². The monoisotopic (exact) mass is 422 g/mol. The number of fused-ring (bicyclic) bond motifs is 1. The molecule has 0 unspecified atom stereocenters. The Morgan fingerprint density at radius 1 is 1.23 bits per heavy atom. The number of amides is 1. The van der Waals surface area contributed by atoms with Gasteiger partial charge in [-0.05, 0) is 43.0 Å². The lowest BCUT2D eigenvalue weighted by Crippen LogP contribution is -2.33. The SMILES string of the molecule is CC[C@@H](Sc1nc2ccccc2c(=O)n1C1CCCC1)C(=O)NCc1cccnc1. The van der Waals surface area contributed by atoms with Crippen molar-refractivity contribution < 1.29 is 4.79 Å². The molecule has 1 saturated carbocycles. The first-order valence-corrected chi connectivity index (χ1v) is 11.4.